The molecule has 0 atom stereocenters. The summed E-state index contributed by atoms with van der Waals surface area (Å²) in [6, 6.07) is 7.89. The molecule has 2 N–H and O–H groups in total. The zero-order chi connectivity index (χ0) is 20.5. The number of hydrogen-bond acceptors (Lipinski definition) is 4. The molecule has 0 spiro atoms. The third-order valence-electron chi connectivity index (χ3n) is 3.06. The Balaban J connectivity index is 2.21. The van der Waals surface area contributed by atoms with Gasteiger partial charge in [-0.2, -0.15) is 13.2 Å². The lowest BCUT2D eigenvalue weighted by Crippen LogP contribution is -2.33. The van der Waals surface area contributed by atoms with E-state index in [9.17, 15) is 30.0 Å². The number of anilines is 1. The molecular weight excluding hydrogens is 452 g/mol. The van der Waals surface area contributed by atoms with Crippen molar-refractivity contribution >= 4 is 48.9 Å². The molecule has 2 rings (SSSR count). The molecule has 0 radical (unpaired) electrons. The van der Waals surface area contributed by atoms with E-state index in [1.165, 1.54) is 16.9 Å². The Morgan fingerprint density at radius 2 is 1.48 bits per heavy atom. The lowest BCUT2D eigenvalue weighted by Gasteiger charge is -2.12. The van der Waals surface area contributed by atoms with Gasteiger partial charge in [0, 0.05) is 10.7 Å². The van der Waals surface area contributed by atoms with E-state index in [0.717, 1.165) is 30.3 Å². The summed E-state index contributed by atoms with van der Waals surface area (Å²) in [4.78, 5) is -0.754. The molecule has 0 heterocycles. The van der Waals surface area contributed by atoms with Crippen LogP contribution in [0.15, 0.2) is 52.3 Å². The van der Waals surface area contributed by atoms with Gasteiger partial charge in [0.25, 0.3) is 10.0 Å². The van der Waals surface area contributed by atoms with Crippen molar-refractivity contribution in [1.82, 2.24) is 4.72 Å². The highest BCUT2D eigenvalue weighted by molar-refractivity contribution is 7.92. The van der Waals surface area contributed by atoms with E-state index in [1.807, 2.05) is 0 Å². The van der Waals surface area contributed by atoms with E-state index in [4.69, 9.17) is 23.2 Å². The number of halogens is 5. The van der Waals surface area contributed by atoms with Crippen molar-refractivity contribution < 1.29 is 30.0 Å². The molecule has 2 aromatic carbocycles. The summed E-state index contributed by atoms with van der Waals surface area (Å²) in [6.45, 7) is -1.73. The molecule has 0 saturated carbocycles. The summed E-state index contributed by atoms with van der Waals surface area (Å²) in [7, 11) is -8.53. The van der Waals surface area contributed by atoms with Gasteiger partial charge in [0.15, 0.2) is 0 Å². The summed E-state index contributed by atoms with van der Waals surface area (Å²) >= 11 is 11.6. The number of nitrogens with one attached hydrogen (secondary N) is 2. The standard InChI is InChI=1S/C14H11Cl2F3N2O4S2/c15-9-1-6-12(16)13(7-9)27(24,25)21-10-2-4-11(5-3-10)26(22,23)20-8-14(17,18)19/h1-7,20-21H,8H2. The van der Waals surface area contributed by atoms with Crippen molar-refractivity contribution in [2.45, 2.75) is 16.0 Å². The molecule has 13 heteroatoms. The lowest BCUT2D eigenvalue weighted by atomic mass is 10.3. The second kappa shape index (κ2) is 7.84. The van der Waals surface area contributed by atoms with E-state index < -0.39 is 37.7 Å². The van der Waals surface area contributed by atoms with Gasteiger partial charge in [-0.3, -0.25) is 4.72 Å². The molecule has 0 aliphatic carbocycles. The number of benzene rings is 2. The first-order valence-corrected chi connectivity index (χ1v) is 10.7. The first-order valence-electron chi connectivity index (χ1n) is 6.94. The first-order chi connectivity index (χ1) is 12.3. The van der Waals surface area contributed by atoms with Crippen LogP contribution in [0, 0.1) is 0 Å². The van der Waals surface area contributed by atoms with Crippen LogP contribution in [0.5, 0.6) is 0 Å². The third-order valence-corrected chi connectivity index (χ3v) is 6.58. The Kier molecular flexibility index (Phi) is 6.32. The smallest absolute Gasteiger partial charge is 0.280 e. The normalized spacial score (nSPS) is 12.8. The quantitative estimate of drug-likeness (QED) is 0.685. The summed E-state index contributed by atoms with van der Waals surface area (Å²) in [6.07, 6.45) is -4.71. The maximum Gasteiger partial charge on any atom is 0.402 e. The zero-order valence-corrected chi connectivity index (χ0v) is 16.2. The van der Waals surface area contributed by atoms with Gasteiger partial charge in [-0.15, -0.1) is 0 Å². The fraction of sp³-hybridized carbons (Fsp3) is 0.143. The van der Waals surface area contributed by atoms with Crippen LogP contribution < -0.4 is 9.44 Å². The second-order valence-electron chi connectivity index (χ2n) is 5.14. The van der Waals surface area contributed by atoms with Crippen LogP contribution in [0.3, 0.4) is 0 Å². The number of alkyl halides is 3. The van der Waals surface area contributed by atoms with Gasteiger partial charge < -0.3 is 0 Å². The molecule has 0 saturated heterocycles. The highest BCUT2D eigenvalue weighted by Crippen LogP contribution is 2.27. The SMILES string of the molecule is O=S(=O)(NCC(F)(F)F)c1ccc(NS(=O)(=O)c2cc(Cl)ccc2Cl)cc1. The van der Waals surface area contributed by atoms with Crippen LogP contribution in [0.25, 0.3) is 0 Å². The number of rotatable bonds is 6. The molecule has 0 amide bonds. The van der Waals surface area contributed by atoms with Crippen molar-refractivity contribution in [2.75, 3.05) is 11.3 Å². The van der Waals surface area contributed by atoms with Gasteiger partial charge in [0.05, 0.1) is 9.92 Å². The van der Waals surface area contributed by atoms with E-state index in [2.05, 4.69) is 4.72 Å². The fourth-order valence-electron chi connectivity index (χ4n) is 1.86. The second-order valence-corrected chi connectivity index (χ2v) is 9.41. The van der Waals surface area contributed by atoms with E-state index in [0.29, 0.717) is 0 Å². The van der Waals surface area contributed by atoms with Crippen molar-refractivity contribution in [3.05, 3.63) is 52.5 Å². The summed E-state index contributed by atoms with van der Waals surface area (Å²) in [5.74, 6) is 0. The van der Waals surface area contributed by atoms with Gasteiger partial charge in [-0.1, -0.05) is 23.2 Å². The Bertz CT molecular complexity index is 1040. The van der Waals surface area contributed by atoms with E-state index >= 15 is 0 Å². The Morgan fingerprint density at radius 1 is 0.889 bits per heavy atom. The minimum Gasteiger partial charge on any atom is -0.280 e. The van der Waals surface area contributed by atoms with Gasteiger partial charge in [0.1, 0.15) is 11.4 Å². The van der Waals surface area contributed by atoms with Crippen molar-refractivity contribution in [2.24, 2.45) is 0 Å². The summed E-state index contributed by atoms with van der Waals surface area (Å²) < 4.78 is 88.3. The molecule has 0 aliphatic heterocycles. The molecule has 0 fully saturated rings. The average Bonchev–Trinajstić information content (AvgIpc) is 2.55. The molecule has 0 unspecified atom stereocenters. The zero-order valence-electron chi connectivity index (χ0n) is 13.1. The average molecular weight is 463 g/mol. The van der Waals surface area contributed by atoms with Gasteiger partial charge >= 0.3 is 6.18 Å². The highest BCUT2D eigenvalue weighted by Gasteiger charge is 2.30. The Hall–Kier alpha value is -1.53. The number of sulfonamides is 2. The molecule has 0 bridgehead atoms. The Morgan fingerprint density at radius 3 is 2.04 bits per heavy atom. The predicted molar refractivity (Wildman–Crippen MR) is 95.0 cm³/mol. The molecule has 0 aliphatic rings. The van der Waals surface area contributed by atoms with E-state index in [-0.39, 0.29) is 20.6 Å². The molecular formula is C14H11Cl2F3N2O4S2. The maximum absolute atomic E-state index is 12.4. The largest absolute Gasteiger partial charge is 0.402 e. The van der Waals surface area contributed by atoms with Gasteiger partial charge in [0.2, 0.25) is 10.0 Å². The van der Waals surface area contributed by atoms with Crippen LogP contribution in [-0.4, -0.2) is 29.6 Å². The van der Waals surface area contributed by atoms with Crippen molar-refractivity contribution in [3.63, 3.8) is 0 Å². The summed E-state index contributed by atoms with van der Waals surface area (Å²) in [5.41, 5.74) is -0.0270. The maximum atomic E-state index is 12.4. The van der Waals surface area contributed by atoms with E-state index in [1.54, 1.807) is 0 Å². The molecule has 6 nitrogen and oxygen atoms in total. The molecule has 148 valence electrons. The lowest BCUT2D eigenvalue weighted by molar-refractivity contribution is -0.121. The van der Waals surface area contributed by atoms with Crippen LogP contribution in [0.2, 0.25) is 10.0 Å². The topological polar surface area (TPSA) is 92.3 Å². The van der Waals surface area contributed by atoms with Gasteiger partial charge in [-0.25, -0.2) is 21.6 Å². The minimum absolute atomic E-state index is 0.0270. The summed E-state index contributed by atoms with van der Waals surface area (Å²) in [5, 5.41) is 0.0550. The van der Waals surface area contributed by atoms with Crippen molar-refractivity contribution in [1.29, 1.82) is 0 Å². The van der Waals surface area contributed by atoms with Crippen LogP contribution in [-0.2, 0) is 20.0 Å². The number of hydrogen-bond donors (Lipinski definition) is 2. The predicted octanol–water partition coefficient (Wildman–Crippen LogP) is 3.63. The van der Waals surface area contributed by atoms with Crippen molar-refractivity contribution in [3.8, 4) is 0 Å². The van der Waals surface area contributed by atoms with Crippen LogP contribution in [0.1, 0.15) is 0 Å². The van der Waals surface area contributed by atoms with Crippen LogP contribution in [0.4, 0.5) is 18.9 Å². The third kappa shape index (κ3) is 5.98. The van der Waals surface area contributed by atoms with Crippen LogP contribution >= 0.6 is 23.2 Å². The Labute approximate surface area is 163 Å². The monoisotopic (exact) mass is 462 g/mol. The molecule has 2 aromatic rings. The highest BCUT2D eigenvalue weighted by atomic mass is 35.5. The minimum atomic E-state index is -4.71. The molecule has 27 heavy (non-hydrogen) atoms. The van der Waals surface area contributed by atoms with Gasteiger partial charge in [-0.05, 0) is 42.5 Å². The molecule has 0 aromatic heterocycles. The fourth-order valence-corrected chi connectivity index (χ4v) is 4.69. The first kappa shape index (κ1) is 21.8.